The van der Waals surface area contributed by atoms with Crippen LogP contribution in [0.5, 0.6) is 5.75 Å². The third-order valence-corrected chi connectivity index (χ3v) is 3.93. The van der Waals surface area contributed by atoms with Crippen molar-refractivity contribution < 1.29 is 22.6 Å². The maximum Gasteiger partial charge on any atom is 0.416 e. The van der Waals surface area contributed by atoms with Crippen molar-refractivity contribution in [1.82, 2.24) is 9.88 Å². The Morgan fingerprint density at radius 2 is 2.00 bits per heavy atom. The molecule has 0 aliphatic carbocycles. The summed E-state index contributed by atoms with van der Waals surface area (Å²) in [6, 6.07) is 8.64. The molecule has 0 spiro atoms. The zero-order valence-corrected chi connectivity index (χ0v) is 13.6. The second-order valence-corrected chi connectivity index (χ2v) is 5.93. The summed E-state index contributed by atoms with van der Waals surface area (Å²) in [6.45, 7) is 3.12. The van der Waals surface area contributed by atoms with E-state index in [4.69, 9.17) is 9.47 Å². The van der Waals surface area contributed by atoms with Gasteiger partial charge in [-0.3, -0.25) is 9.88 Å². The molecule has 1 aromatic heterocycles. The number of aromatic nitrogens is 1. The van der Waals surface area contributed by atoms with Crippen molar-refractivity contribution in [1.29, 1.82) is 0 Å². The highest BCUT2D eigenvalue weighted by atomic mass is 19.4. The second-order valence-electron chi connectivity index (χ2n) is 5.93. The normalized spacial score (nSPS) is 19.4. The van der Waals surface area contributed by atoms with E-state index in [2.05, 4.69) is 9.88 Å². The summed E-state index contributed by atoms with van der Waals surface area (Å²) in [5, 5.41) is 0. The predicted octanol–water partition coefficient (Wildman–Crippen LogP) is 3.38. The number of pyridine rings is 1. The van der Waals surface area contributed by atoms with E-state index in [0.717, 1.165) is 30.8 Å². The van der Waals surface area contributed by atoms with Crippen LogP contribution in [-0.2, 0) is 17.5 Å². The van der Waals surface area contributed by atoms with E-state index in [1.807, 2.05) is 18.3 Å². The Bertz CT molecular complexity index is 662. The van der Waals surface area contributed by atoms with Gasteiger partial charge in [0.05, 0.1) is 18.8 Å². The molecule has 1 atom stereocenters. The van der Waals surface area contributed by atoms with Gasteiger partial charge in [0.25, 0.3) is 0 Å². The van der Waals surface area contributed by atoms with Crippen LogP contribution < -0.4 is 4.74 Å². The summed E-state index contributed by atoms with van der Waals surface area (Å²) in [6.07, 6.45) is -1.04. The molecule has 0 saturated carbocycles. The van der Waals surface area contributed by atoms with E-state index in [-0.39, 0.29) is 6.10 Å². The minimum absolute atomic E-state index is 0.240. The molecule has 0 unspecified atom stereocenters. The molecule has 1 saturated heterocycles. The number of ether oxygens (including phenoxy) is 2. The highest BCUT2D eigenvalue weighted by Gasteiger charge is 2.30. The summed E-state index contributed by atoms with van der Waals surface area (Å²) >= 11 is 0. The van der Waals surface area contributed by atoms with Crippen molar-refractivity contribution in [2.75, 3.05) is 26.3 Å². The summed E-state index contributed by atoms with van der Waals surface area (Å²) in [5.74, 6) is 0.407. The van der Waals surface area contributed by atoms with E-state index in [9.17, 15) is 13.2 Å². The first-order chi connectivity index (χ1) is 12.0. The van der Waals surface area contributed by atoms with E-state index in [0.29, 0.717) is 25.5 Å². The molecule has 1 fully saturated rings. The lowest BCUT2D eigenvalue weighted by molar-refractivity contribution is -0.137. The Labute approximate surface area is 144 Å². The number of hydrogen-bond acceptors (Lipinski definition) is 4. The Morgan fingerprint density at radius 3 is 2.68 bits per heavy atom. The van der Waals surface area contributed by atoms with E-state index >= 15 is 0 Å². The van der Waals surface area contributed by atoms with Crippen LogP contribution in [0.2, 0.25) is 0 Å². The van der Waals surface area contributed by atoms with Crippen LogP contribution in [0, 0.1) is 0 Å². The van der Waals surface area contributed by atoms with Crippen LogP contribution in [0.4, 0.5) is 13.2 Å². The molecular formula is C18H19F3N2O2. The first-order valence-electron chi connectivity index (χ1n) is 8.03. The third kappa shape index (κ3) is 5.17. The SMILES string of the molecule is FC(F)(F)c1ccc(O[C@H]2COCCN(Cc3cccnc3)C2)cc1. The minimum Gasteiger partial charge on any atom is -0.487 e. The lowest BCUT2D eigenvalue weighted by Gasteiger charge is -2.24. The van der Waals surface area contributed by atoms with Crippen molar-refractivity contribution in [3.05, 3.63) is 59.9 Å². The maximum atomic E-state index is 12.6. The van der Waals surface area contributed by atoms with E-state index < -0.39 is 11.7 Å². The molecule has 7 heteroatoms. The van der Waals surface area contributed by atoms with Crippen LogP contribution in [-0.4, -0.2) is 42.3 Å². The molecule has 0 amide bonds. The number of alkyl halides is 3. The van der Waals surface area contributed by atoms with Gasteiger partial charge in [0, 0.05) is 32.0 Å². The lowest BCUT2D eigenvalue weighted by atomic mass is 10.2. The molecule has 1 aromatic carbocycles. The zero-order valence-electron chi connectivity index (χ0n) is 13.6. The number of rotatable bonds is 4. The molecule has 3 rings (SSSR count). The van der Waals surface area contributed by atoms with Gasteiger partial charge < -0.3 is 9.47 Å². The van der Waals surface area contributed by atoms with Gasteiger partial charge in [-0.15, -0.1) is 0 Å². The largest absolute Gasteiger partial charge is 0.487 e. The van der Waals surface area contributed by atoms with Crippen molar-refractivity contribution in [3.63, 3.8) is 0 Å². The van der Waals surface area contributed by atoms with Crippen LogP contribution in [0.3, 0.4) is 0 Å². The molecule has 4 nitrogen and oxygen atoms in total. The molecular weight excluding hydrogens is 333 g/mol. The monoisotopic (exact) mass is 352 g/mol. The van der Waals surface area contributed by atoms with E-state index in [1.165, 1.54) is 12.1 Å². The Morgan fingerprint density at radius 1 is 1.20 bits per heavy atom. The van der Waals surface area contributed by atoms with Crippen LogP contribution in [0.1, 0.15) is 11.1 Å². The van der Waals surface area contributed by atoms with E-state index in [1.54, 1.807) is 6.20 Å². The van der Waals surface area contributed by atoms with Gasteiger partial charge in [0.1, 0.15) is 11.9 Å². The number of halogens is 3. The standard InChI is InChI=1S/C18H19F3N2O2/c19-18(20,21)15-3-5-16(6-4-15)25-17-12-23(8-9-24-13-17)11-14-2-1-7-22-10-14/h1-7,10,17H,8-9,11-13H2/t17-/m1/s1. The number of nitrogens with zero attached hydrogens (tertiary/aromatic N) is 2. The van der Waals surface area contributed by atoms with Crippen molar-refractivity contribution in [2.24, 2.45) is 0 Å². The second kappa shape index (κ2) is 7.84. The van der Waals surface area contributed by atoms with Crippen LogP contribution in [0.25, 0.3) is 0 Å². The highest BCUT2D eigenvalue weighted by Crippen LogP contribution is 2.30. The Kier molecular flexibility index (Phi) is 5.55. The lowest BCUT2D eigenvalue weighted by Crippen LogP contribution is -2.35. The maximum absolute atomic E-state index is 12.6. The van der Waals surface area contributed by atoms with Crippen LogP contribution in [0.15, 0.2) is 48.8 Å². The molecule has 134 valence electrons. The van der Waals surface area contributed by atoms with Crippen molar-refractivity contribution in [2.45, 2.75) is 18.8 Å². The highest BCUT2D eigenvalue weighted by molar-refractivity contribution is 5.29. The fraction of sp³-hybridized carbons (Fsp3) is 0.389. The van der Waals surface area contributed by atoms with Gasteiger partial charge in [0.15, 0.2) is 0 Å². The fourth-order valence-electron chi connectivity index (χ4n) is 2.72. The molecule has 0 radical (unpaired) electrons. The quantitative estimate of drug-likeness (QED) is 0.845. The summed E-state index contributed by atoms with van der Waals surface area (Å²) in [7, 11) is 0. The summed E-state index contributed by atoms with van der Waals surface area (Å²) in [4.78, 5) is 6.30. The first-order valence-corrected chi connectivity index (χ1v) is 8.03. The average Bonchev–Trinajstić information content (AvgIpc) is 2.80. The van der Waals surface area contributed by atoms with Crippen molar-refractivity contribution >= 4 is 0 Å². The smallest absolute Gasteiger partial charge is 0.416 e. The summed E-state index contributed by atoms with van der Waals surface area (Å²) in [5.41, 5.74) is 0.410. The molecule has 25 heavy (non-hydrogen) atoms. The number of hydrogen-bond donors (Lipinski definition) is 0. The topological polar surface area (TPSA) is 34.6 Å². The van der Waals surface area contributed by atoms with Gasteiger partial charge in [-0.25, -0.2) is 0 Å². The van der Waals surface area contributed by atoms with Gasteiger partial charge in [-0.05, 0) is 35.9 Å². The van der Waals surface area contributed by atoms with Gasteiger partial charge in [-0.1, -0.05) is 6.07 Å². The zero-order chi connectivity index (χ0) is 17.7. The minimum atomic E-state index is -4.34. The third-order valence-electron chi connectivity index (χ3n) is 3.93. The molecule has 2 aromatic rings. The Hall–Kier alpha value is -2.12. The molecule has 1 aliphatic heterocycles. The Balaban J connectivity index is 1.61. The summed E-state index contributed by atoms with van der Waals surface area (Å²) < 4.78 is 49.2. The van der Waals surface area contributed by atoms with Crippen LogP contribution >= 0.6 is 0 Å². The number of benzene rings is 1. The molecule has 1 aliphatic rings. The first kappa shape index (κ1) is 17.7. The fourth-order valence-corrected chi connectivity index (χ4v) is 2.72. The predicted molar refractivity (Wildman–Crippen MR) is 86.2 cm³/mol. The molecule has 0 bridgehead atoms. The van der Waals surface area contributed by atoms with Gasteiger partial charge in [-0.2, -0.15) is 13.2 Å². The van der Waals surface area contributed by atoms with Gasteiger partial charge >= 0.3 is 6.18 Å². The van der Waals surface area contributed by atoms with Crippen molar-refractivity contribution in [3.8, 4) is 5.75 Å². The molecule has 0 N–H and O–H groups in total. The molecule has 2 heterocycles. The average molecular weight is 352 g/mol. The van der Waals surface area contributed by atoms with Gasteiger partial charge in [0.2, 0.25) is 0 Å².